The molecule has 0 saturated carbocycles. The Balaban J connectivity index is 4.10. The highest BCUT2D eigenvalue weighted by atomic mass is 31.1. The topological polar surface area (TPSA) is 93.7 Å². The molecule has 22 heavy (non-hydrogen) atoms. The molecule has 0 saturated heterocycles. The molecule has 0 aliphatic carbocycles. The molecule has 124 valence electrons. The number of amides is 2. The minimum absolute atomic E-state index is 0.0705. The molecule has 2 N–H and O–H groups in total. The van der Waals surface area contributed by atoms with Crippen molar-refractivity contribution in [3.05, 3.63) is 25.3 Å². The first-order valence-corrected chi connectivity index (χ1v) is 8.15. The molecular weight excluding hydrogens is 307 g/mol. The van der Waals surface area contributed by atoms with Gasteiger partial charge in [0.05, 0.1) is 12.1 Å². The fourth-order valence-electron chi connectivity index (χ4n) is 1.38. The molecule has 0 rings (SSSR count). The number of hydrogen-bond acceptors (Lipinski definition) is 5. The van der Waals surface area contributed by atoms with E-state index >= 15 is 0 Å². The SMILES string of the molecule is C=CC(=O)NC(CC)CO[P+](=O)OCC(CC)NC(=O)C=C. The van der Waals surface area contributed by atoms with E-state index in [1.807, 2.05) is 13.8 Å². The van der Waals surface area contributed by atoms with Gasteiger partial charge in [-0.1, -0.05) is 27.0 Å². The van der Waals surface area contributed by atoms with Crippen LogP contribution in [0.15, 0.2) is 25.3 Å². The normalized spacial score (nSPS) is 13.6. The lowest BCUT2D eigenvalue weighted by Gasteiger charge is -2.13. The van der Waals surface area contributed by atoms with E-state index in [9.17, 15) is 14.2 Å². The first-order valence-electron chi connectivity index (χ1n) is 7.05. The Kier molecular flexibility index (Phi) is 11.2. The maximum absolute atomic E-state index is 11.6. The predicted octanol–water partition coefficient (Wildman–Crippen LogP) is 1.84. The Hall–Kier alpha value is -1.56. The van der Waals surface area contributed by atoms with E-state index in [0.29, 0.717) is 12.8 Å². The molecule has 2 atom stereocenters. The minimum Gasteiger partial charge on any atom is -0.347 e. The summed E-state index contributed by atoms with van der Waals surface area (Å²) in [7, 11) is -2.32. The van der Waals surface area contributed by atoms with Gasteiger partial charge in [-0.05, 0) is 25.0 Å². The van der Waals surface area contributed by atoms with Crippen molar-refractivity contribution >= 4 is 20.1 Å². The van der Waals surface area contributed by atoms with Crippen molar-refractivity contribution < 1.29 is 23.2 Å². The van der Waals surface area contributed by atoms with Crippen LogP contribution >= 0.6 is 8.25 Å². The Morgan fingerprint density at radius 3 is 1.64 bits per heavy atom. The molecule has 0 aliphatic heterocycles. The zero-order chi connectivity index (χ0) is 17.0. The van der Waals surface area contributed by atoms with Crippen molar-refractivity contribution in [1.82, 2.24) is 10.6 Å². The maximum atomic E-state index is 11.6. The number of rotatable bonds is 12. The Labute approximate surface area is 132 Å². The van der Waals surface area contributed by atoms with E-state index in [1.165, 1.54) is 0 Å². The van der Waals surface area contributed by atoms with Gasteiger partial charge in [-0.25, -0.2) is 0 Å². The summed E-state index contributed by atoms with van der Waals surface area (Å²) in [5, 5.41) is 5.29. The Morgan fingerprint density at radius 1 is 1.00 bits per heavy atom. The number of carbonyl (C=O) groups excluding carboxylic acids is 2. The van der Waals surface area contributed by atoms with Crippen molar-refractivity contribution in [3.8, 4) is 0 Å². The van der Waals surface area contributed by atoms with Gasteiger partial charge in [-0.2, -0.15) is 0 Å². The molecule has 0 bridgehead atoms. The predicted molar refractivity (Wildman–Crippen MR) is 84.3 cm³/mol. The number of carbonyl (C=O) groups is 2. The van der Waals surface area contributed by atoms with Crippen molar-refractivity contribution in [2.24, 2.45) is 0 Å². The largest absolute Gasteiger partial charge is 0.697 e. The van der Waals surface area contributed by atoms with Crippen molar-refractivity contribution in [2.45, 2.75) is 38.8 Å². The zero-order valence-electron chi connectivity index (χ0n) is 13.0. The molecule has 8 heteroatoms. The molecule has 0 fully saturated rings. The van der Waals surface area contributed by atoms with E-state index in [4.69, 9.17) is 9.05 Å². The Morgan fingerprint density at radius 2 is 1.36 bits per heavy atom. The van der Waals surface area contributed by atoms with Crippen LogP contribution in [0.5, 0.6) is 0 Å². The van der Waals surface area contributed by atoms with E-state index in [2.05, 4.69) is 23.8 Å². The van der Waals surface area contributed by atoms with Crippen LogP contribution < -0.4 is 10.6 Å². The lowest BCUT2D eigenvalue weighted by Crippen LogP contribution is -2.37. The zero-order valence-corrected chi connectivity index (χ0v) is 13.9. The summed E-state index contributed by atoms with van der Waals surface area (Å²) in [6.07, 6.45) is 3.56. The molecule has 0 aromatic rings. The van der Waals surface area contributed by atoms with Gasteiger partial charge < -0.3 is 10.6 Å². The van der Waals surface area contributed by atoms with Gasteiger partial charge in [-0.3, -0.25) is 9.59 Å². The van der Waals surface area contributed by atoms with Gasteiger partial charge in [0.2, 0.25) is 11.8 Å². The quantitative estimate of drug-likeness (QED) is 0.420. The average molecular weight is 331 g/mol. The van der Waals surface area contributed by atoms with Gasteiger partial charge in [0.1, 0.15) is 13.2 Å². The second kappa shape index (κ2) is 12.0. The monoisotopic (exact) mass is 331 g/mol. The molecule has 2 amide bonds. The van der Waals surface area contributed by atoms with Crippen molar-refractivity contribution in [2.75, 3.05) is 13.2 Å². The van der Waals surface area contributed by atoms with E-state index in [1.54, 1.807) is 0 Å². The van der Waals surface area contributed by atoms with Crippen LogP contribution in [-0.4, -0.2) is 37.1 Å². The third kappa shape index (κ3) is 9.39. The van der Waals surface area contributed by atoms with E-state index in [0.717, 1.165) is 12.2 Å². The number of nitrogens with one attached hydrogen (secondary N) is 2. The van der Waals surface area contributed by atoms with Gasteiger partial charge in [-0.15, -0.1) is 9.05 Å². The highest BCUT2D eigenvalue weighted by molar-refractivity contribution is 7.33. The van der Waals surface area contributed by atoms with Crippen LogP contribution in [0.4, 0.5) is 0 Å². The molecule has 0 spiro atoms. The smallest absolute Gasteiger partial charge is 0.347 e. The molecule has 0 heterocycles. The minimum atomic E-state index is -2.32. The first kappa shape index (κ1) is 20.4. The van der Waals surface area contributed by atoms with Crippen molar-refractivity contribution in [3.63, 3.8) is 0 Å². The van der Waals surface area contributed by atoms with Gasteiger partial charge >= 0.3 is 8.25 Å². The summed E-state index contributed by atoms with van der Waals surface area (Å²) in [6.45, 7) is 10.6. The van der Waals surface area contributed by atoms with Crippen LogP contribution in [0.25, 0.3) is 0 Å². The third-order valence-corrected chi connectivity index (χ3v) is 3.53. The summed E-state index contributed by atoms with van der Waals surface area (Å²) in [5.74, 6) is -0.630. The second-order valence-electron chi connectivity index (χ2n) is 4.45. The van der Waals surface area contributed by atoms with Crippen LogP contribution in [0, 0.1) is 0 Å². The molecule has 0 radical (unpaired) electrons. The van der Waals surface area contributed by atoms with Crippen LogP contribution in [0.3, 0.4) is 0 Å². The van der Waals surface area contributed by atoms with Crippen LogP contribution in [0.2, 0.25) is 0 Å². The van der Waals surface area contributed by atoms with Crippen LogP contribution in [0.1, 0.15) is 26.7 Å². The maximum Gasteiger partial charge on any atom is 0.697 e. The summed E-state index contributed by atoms with van der Waals surface area (Å²) in [5.41, 5.74) is 0. The molecular formula is C14H24N2O5P+. The lowest BCUT2D eigenvalue weighted by molar-refractivity contribution is -0.118. The standard InChI is InChI=1S/C14H23N2O5P/c1-5-11(15-13(17)7-3)9-20-22(19)21-10-12(6-2)16-14(18)8-4/h7-8,11-12H,3-6,9-10H2,1-2H3,(H-,15,16,17,18)/p+1. The highest BCUT2D eigenvalue weighted by Gasteiger charge is 2.25. The summed E-state index contributed by atoms with van der Waals surface area (Å²) >= 11 is 0. The molecule has 0 aromatic carbocycles. The van der Waals surface area contributed by atoms with E-state index in [-0.39, 0.29) is 37.1 Å². The lowest BCUT2D eigenvalue weighted by atomic mass is 10.2. The van der Waals surface area contributed by atoms with Gasteiger partial charge in [0.25, 0.3) is 0 Å². The second-order valence-corrected chi connectivity index (χ2v) is 5.41. The average Bonchev–Trinajstić information content (AvgIpc) is 2.54. The molecule has 7 nitrogen and oxygen atoms in total. The highest BCUT2D eigenvalue weighted by Crippen LogP contribution is 2.24. The number of hydrogen-bond donors (Lipinski definition) is 2. The van der Waals surface area contributed by atoms with Crippen molar-refractivity contribution in [1.29, 1.82) is 0 Å². The third-order valence-electron chi connectivity index (χ3n) is 2.81. The fourth-order valence-corrected chi connectivity index (χ4v) is 2.06. The first-order chi connectivity index (χ1) is 10.5. The fraction of sp³-hybridized carbons (Fsp3) is 0.571. The molecule has 0 aliphatic rings. The molecule has 0 aromatic heterocycles. The van der Waals surface area contributed by atoms with Crippen LogP contribution in [-0.2, 0) is 23.2 Å². The van der Waals surface area contributed by atoms with E-state index < -0.39 is 8.25 Å². The summed E-state index contributed by atoms with van der Waals surface area (Å²) in [4.78, 5) is 22.3. The summed E-state index contributed by atoms with van der Waals surface area (Å²) in [6, 6.07) is -0.536. The Bertz CT molecular complexity index is 378. The molecule has 2 unspecified atom stereocenters. The van der Waals surface area contributed by atoms with Gasteiger partial charge in [0, 0.05) is 4.57 Å². The van der Waals surface area contributed by atoms with Gasteiger partial charge in [0.15, 0.2) is 0 Å². The summed E-state index contributed by atoms with van der Waals surface area (Å²) < 4.78 is 21.8.